The van der Waals surface area contributed by atoms with Crippen LogP contribution in [0.5, 0.6) is 0 Å². The van der Waals surface area contributed by atoms with Gasteiger partial charge in [0.25, 0.3) is 0 Å². The van der Waals surface area contributed by atoms with Crippen molar-refractivity contribution in [2.75, 3.05) is 0 Å². The molecule has 0 atom stereocenters. The Morgan fingerprint density at radius 2 is 2.25 bits per heavy atom. The summed E-state index contributed by atoms with van der Waals surface area (Å²) < 4.78 is 4.67. The first-order valence-electron chi connectivity index (χ1n) is 0.908. The van der Waals surface area contributed by atoms with E-state index in [1.807, 2.05) is 0 Å². The van der Waals surface area contributed by atoms with Crippen molar-refractivity contribution in [3.05, 3.63) is 0 Å². The van der Waals surface area contributed by atoms with Gasteiger partial charge in [-0.3, -0.25) is 0 Å². The summed E-state index contributed by atoms with van der Waals surface area (Å²) in [6, 6.07) is 0. The van der Waals surface area contributed by atoms with E-state index >= 15 is 0 Å². The molecule has 0 saturated carbocycles. The Kier molecular flexibility index (Phi) is 5.10. The Morgan fingerprint density at radius 3 is 2.25 bits per heavy atom. The molecular formula is CH3Ge2O. The van der Waals surface area contributed by atoms with Crippen molar-refractivity contribution in [2.45, 2.75) is 5.76 Å². The first-order valence-corrected chi connectivity index (χ1v) is 4.72. The molecule has 0 aromatic rings. The SMILES string of the molecule is [CH3][Ge][O][Ge]. The third-order valence-corrected chi connectivity index (χ3v) is 2.76. The molecule has 0 bridgehead atoms. The standard InChI is InChI=1S/CH3Ge2O/c1-3-4-2/h1H3. The van der Waals surface area contributed by atoms with Crippen molar-refractivity contribution in [1.82, 2.24) is 0 Å². The number of hydrogen-bond acceptors (Lipinski definition) is 1. The second-order valence-electron chi connectivity index (χ2n) is 0.306. The molecule has 0 aliphatic carbocycles. The summed E-state index contributed by atoms with van der Waals surface area (Å²) in [6.07, 6.45) is 0. The van der Waals surface area contributed by atoms with Crippen molar-refractivity contribution in [3.63, 3.8) is 0 Å². The molecule has 0 N–H and O–H groups in total. The number of rotatable bonds is 1. The summed E-state index contributed by atoms with van der Waals surface area (Å²) in [5.41, 5.74) is 0. The normalized spacial score (nSPS) is 7.50. The van der Waals surface area contributed by atoms with E-state index in [1.165, 1.54) is 0 Å². The van der Waals surface area contributed by atoms with Crippen LogP contribution in [0.15, 0.2) is 0 Å². The van der Waals surface area contributed by atoms with Gasteiger partial charge in [0.1, 0.15) is 0 Å². The van der Waals surface area contributed by atoms with Gasteiger partial charge in [-0.2, -0.15) is 0 Å². The maximum atomic E-state index is 4.67. The minimum absolute atomic E-state index is 0.0139. The van der Waals surface area contributed by atoms with Gasteiger partial charge in [-0.05, 0) is 0 Å². The summed E-state index contributed by atoms with van der Waals surface area (Å²) >= 11 is 1.75. The van der Waals surface area contributed by atoms with Crippen LogP contribution in [0.4, 0.5) is 0 Å². The first kappa shape index (κ1) is 5.05. The van der Waals surface area contributed by atoms with Crippen LogP contribution in [-0.2, 0) is 2.79 Å². The molecule has 5 radical (unpaired) electrons. The van der Waals surface area contributed by atoms with Gasteiger partial charge in [0.15, 0.2) is 0 Å². The second kappa shape index (κ2) is 4.05. The monoisotopic (exact) mass is 179 g/mol. The van der Waals surface area contributed by atoms with Crippen LogP contribution in [-0.4, -0.2) is 32.6 Å². The van der Waals surface area contributed by atoms with Crippen molar-refractivity contribution in [3.8, 4) is 0 Å². The molecule has 0 aromatic heterocycles. The van der Waals surface area contributed by atoms with Gasteiger partial charge >= 0.3 is 41.2 Å². The van der Waals surface area contributed by atoms with Crippen LogP contribution in [0, 0.1) is 0 Å². The Labute approximate surface area is 41.5 Å². The van der Waals surface area contributed by atoms with Gasteiger partial charge in [-0.15, -0.1) is 0 Å². The van der Waals surface area contributed by atoms with E-state index in [2.05, 4.69) is 8.55 Å². The predicted molar refractivity (Wildman–Crippen MR) is 18.5 cm³/mol. The fourth-order valence-electron chi connectivity index (χ4n) is 0. The zero-order valence-corrected chi connectivity index (χ0v) is 6.60. The Hall–Kier alpha value is 1.05. The molecule has 0 fully saturated rings. The molecule has 0 amide bonds. The average molecular weight is 176 g/mol. The van der Waals surface area contributed by atoms with Gasteiger partial charge in [-0.25, -0.2) is 0 Å². The molecule has 0 spiro atoms. The molecule has 0 saturated heterocycles. The van der Waals surface area contributed by atoms with Gasteiger partial charge in [0.2, 0.25) is 0 Å². The molecule has 3 heteroatoms. The topological polar surface area (TPSA) is 9.23 Å². The molecule has 0 rings (SSSR count). The minimum atomic E-state index is 0.0139. The Bertz CT molecular complexity index is 8.00. The zero-order chi connectivity index (χ0) is 3.41. The fraction of sp³-hybridized carbons (Fsp3) is 1.00. The number of hydrogen-bond donors (Lipinski definition) is 0. The van der Waals surface area contributed by atoms with Crippen LogP contribution < -0.4 is 0 Å². The first-order chi connectivity index (χ1) is 1.91. The molecule has 0 heterocycles. The predicted octanol–water partition coefficient (Wildman–Crippen LogP) is -0.246. The summed E-state index contributed by atoms with van der Waals surface area (Å²) in [4.78, 5) is 0. The molecule has 4 heavy (non-hydrogen) atoms. The van der Waals surface area contributed by atoms with E-state index in [1.54, 1.807) is 16.9 Å². The summed E-state index contributed by atoms with van der Waals surface area (Å²) in [5, 5.41) is 0. The van der Waals surface area contributed by atoms with E-state index in [9.17, 15) is 0 Å². The molecule has 0 aromatic carbocycles. The molecule has 0 aliphatic rings. The zero-order valence-electron chi connectivity index (χ0n) is 2.41. The fourth-order valence-corrected chi connectivity index (χ4v) is 0. The van der Waals surface area contributed by atoms with E-state index in [4.69, 9.17) is 0 Å². The van der Waals surface area contributed by atoms with Crippen molar-refractivity contribution in [2.24, 2.45) is 0 Å². The van der Waals surface area contributed by atoms with E-state index < -0.39 is 0 Å². The average Bonchev–Trinajstić information content (AvgIpc) is 1.37. The van der Waals surface area contributed by atoms with Gasteiger partial charge in [0.05, 0.1) is 0 Å². The van der Waals surface area contributed by atoms with Crippen molar-refractivity contribution in [1.29, 1.82) is 0 Å². The summed E-state index contributed by atoms with van der Waals surface area (Å²) in [6.45, 7) is 0. The molecule has 1 nitrogen and oxygen atoms in total. The van der Waals surface area contributed by atoms with Crippen molar-refractivity contribution < 1.29 is 2.79 Å². The van der Waals surface area contributed by atoms with Gasteiger partial charge in [0, 0.05) is 0 Å². The molecule has 0 unspecified atom stereocenters. The molecular weight excluding hydrogens is 173 g/mol. The van der Waals surface area contributed by atoms with Crippen LogP contribution in [0.2, 0.25) is 5.76 Å². The van der Waals surface area contributed by atoms with Crippen LogP contribution in [0.25, 0.3) is 0 Å². The Balaban J connectivity index is 1.97. The van der Waals surface area contributed by atoms with E-state index in [-0.39, 0.29) is 15.8 Å². The quantitative estimate of drug-likeness (QED) is 0.501. The van der Waals surface area contributed by atoms with Crippen LogP contribution in [0.3, 0.4) is 0 Å². The summed E-state index contributed by atoms with van der Waals surface area (Å²) in [5.74, 6) is 2.08. The van der Waals surface area contributed by atoms with Crippen LogP contribution in [0.1, 0.15) is 0 Å². The van der Waals surface area contributed by atoms with Gasteiger partial charge in [-0.1, -0.05) is 0 Å². The van der Waals surface area contributed by atoms with E-state index in [0.717, 1.165) is 0 Å². The third kappa shape index (κ3) is 3.05. The van der Waals surface area contributed by atoms with E-state index in [0.29, 0.717) is 0 Å². The maximum absolute atomic E-state index is 4.67. The molecule has 21 valence electrons. The summed E-state index contributed by atoms with van der Waals surface area (Å²) in [7, 11) is 0. The van der Waals surface area contributed by atoms with Crippen molar-refractivity contribution >= 4 is 32.6 Å². The van der Waals surface area contributed by atoms with Crippen LogP contribution >= 0.6 is 0 Å². The second-order valence-corrected chi connectivity index (χ2v) is 3.82. The van der Waals surface area contributed by atoms with Gasteiger partial charge < -0.3 is 0 Å². The Morgan fingerprint density at radius 1 is 2.00 bits per heavy atom. The third-order valence-electron chi connectivity index (χ3n) is 0.102. The molecule has 0 aliphatic heterocycles.